The van der Waals surface area contributed by atoms with E-state index < -0.39 is 5.97 Å². The molecule has 0 bridgehead atoms. The van der Waals surface area contributed by atoms with Crippen LogP contribution < -0.4 is 10.6 Å². The maximum atomic E-state index is 11.3. The van der Waals surface area contributed by atoms with Gasteiger partial charge in [0.15, 0.2) is 0 Å². The van der Waals surface area contributed by atoms with Crippen molar-refractivity contribution < 1.29 is 14.3 Å². The van der Waals surface area contributed by atoms with Crippen LogP contribution in [0.15, 0.2) is 0 Å². The van der Waals surface area contributed by atoms with Crippen molar-refractivity contribution in [3.05, 3.63) is 0 Å². The monoisotopic (exact) mass is 259 g/mol. The van der Waals surface area contributed by atoms with Gasteiger partial charge in [-0.1, -0.05) is 13.8 Å². The van der Waals surface area contributed by atoms with Gasteiger partial charge in [0, 0.05) is 6.54 Å². The van der Waals surface area contributed by atoms with Crippen LogP contribution in [0, 0.1) is 0 Å². The van der Waals surface area contributed by atoms with E-state index in [1.807, 2.05) is 0 Å². The lowest BCUT2D eigenvalue weighted by molar-refractivity contribution is -0.141. The number of rotatable bonds is 9. The highest BCUT2D eigenvalue weighted by Gasteiger charge is 2.05. The molecule has 0 fully saturated rings. The first-order valence-corrected chi connectivity index (χ1v) is 6.53. The van der Waals surface area contributed by atoms with Gasteiger partial charge >= 0.3 is 12.0 Å². The number of nitrogens with zero attached hydrogens (tertiary/aromatic N) is 1. The molecule has 0 unspecified atom stereocenters. The van der Waals surface area contributed by atoms with Crippen molar-refractivity contribution in [3.8, 4) is 0 Å². The number of nitrogens with one attached hydrogen (secondary N) is 2. The SMILES string of the molecule is CCOC(=O)CNC(=O)NCCCN(CC)CC. The van der Waals surface area contributed by atoms with Crippen molar-refractivity contribution in [1.82, 2.24) is 15.5 Å². The molecule has 0 aliphatic carbocycles. The van der Waals surface area contributed by atoms with E-state index in [4.69, 9.17) is 4.74 Å². The molecule has 0 rings (SSSR count). The molecular weight excluding hydrogens is 234 g/mol. The third kappa shape index (κ3) is 8.81. The van der Waals surface area contributed by atoms with E-state index in [1.54, 1.807) is 6.92 Å². The minimum Gasteiger partial charge on any atom is -0.465 e. The van der Waals surface area contributed by atoms with Crippen LogP contribution in [-0.2, 0) is 9.53 Å². The van der Waals surface area contributed by atoms with Crippen LogP contribution >= 0.6 is 0 Å². The maximum absolute atomic E-state index is 11.3. The van der Waals surface area contributed by atoms with E-state index in [-0.39, 0.29) is 12.6 Å². The molecule has 2 amide bonds. The minimum absolute atomic E-state index is 0.0876. The first-order valence-electron chi connectivity index (χ1n) is 6.53. The van der Waals surface area contributed by atoms with Crippen molar-refractivity contribution in [3.63, 3.8) is 0 Å². The van der Waals surface area contributed by atoms with Gasteiger partial charge in [-0.05, 0) is 33.0 Å². The molecule has 0 aliphatic rings. The molecule has 6 nitrogen and oxygen atoms in total. The summed E-state index contributed by atoms with van der Waals surface area (Å²) in [7, 11) is 0. The molecule has 18 heavy (non-hydrogen) atoms. The summed E-state index contributed by atoms with van der Waals surface area (Å²) in [5, 5.41) is 5.14. The van der Waals surface area contributed by atoms with Gasteiger partial charge in [0.2, 0.25) is 0 Å². The summed E-state index contributed by atoms with van der Waals surface area (Å²) in [6.07, 6.45) is 0.897. The van der Waals surface area contributed by atoms with E-state index in [0.29, 0.717) is 13.2 Å². The summed E-state index contributed by atoms with van der Waals surface area (Å²) in [6.45, 7) is 9.80. The van der Waals surface area contributed by atoms with Crippen molar-refractivity contribution in [2.24, 2.45) is 0 Å². The average molecular weight is 259 g/mol. The largest absolute Gasteiger partial charge is 0.465 e. The quantitative estimate of drug-likeness (QED) is 0.469. The van der Waals surface area contributed by atoms with Gasteiger partial charge in [-0.25, -0.2) is 4.79 Å². The second kappa shape index (κ2) is 10.8. The Morgan fingerprint density at radius 1 is 1.11 bits per heavy atom. The van der Waals surface area contributed by atoms with Crippen molar-refractivity contribution >= 4 is 12.0 Å². The van der Waals surface area contributed by atoms with E-state index >= 15 is 0 Å². The zero-order valence-electron chi connectivity index (χ0n) is 11.6. The molecule has 0 aromatic rings. The van der Waals surface area contributed by atoms with Gasteiger partial charge in [0.25, 0.3) is 0 Å². The Labute approximate surface area is 109 Å². The maximum Gasteiger partial charge on any atom is 0.325 e. The third-order valence-corrected chi connectivity index (χ3v) is 2.53. The predicted molar refractivity (Wildman–Crippen MR) is 70.4 cm³/mol. The van der Waals surface area contributed by atoms with Crippen LogP contribution in [0.4, 0.5) is 4.79 Å². The topological polar surface area (TPSA) is 70.7 Å². The van der Waals surface area contributed by atoms with Crippen LogP contribution in [0.3, 0.4) is 0 Å². The summed E-state index contributed by atoms with van der Waals surface area (Å²) in [6, 6.07) is -0.331. The number of hydrogen-bond donors (Lipinski definition) is 2. The minimum atomic E-state index is -0.421. The number of carbonyl (C=O) groups is 2. The van der Waals surface area contributed by atoms with Crippen LogP contribution in [0.2, 0.25) is 0 Å². The fraction of sp³-hybridized carbons (Fsp3) is 0.833. The fourth-order valence-electron chi connectivity index (χ4n) is 1.47. The number of hydrogen-bond acceptors (Lipinski definition) is 4. The number of amides is 2. The normalized spacial score (nSPS) is 10.2. The summed E-state index contributed by atoms with van der Waals surface area (Å²) < 4.78 is 4.69. The smallest absolute Gasteiger partial charge is 0.325 e. The summed E-state index contributed by atoms with van der Waals surface area (Å²) >= 11 is 0. The number of ether oxygens (including phenoxy) is 1. The average Bonchev–Trinajstić information content (AvgIpc) is 2.37. The first-order chi connectivity index (χ1) is 8.63. The van der Waals surface area contributed by atoms with Crippen molar-refractivity contribution in [2.45, 2.75) is 27.2 Å². The highest BCUT2D eigenvalue weighted by Crippen LogP contribution is 1.89. The molecule has 0 spiro atoms. The highest BCUT2D eigenvalue weighted by molar-refractivity contribution is 5.80. The molecular formula is C12H25N3O3. The zero-order chi connectivity index (χ0) is 13.8. The Morgan fingerprint density at radius 3 is 2.33 bits per heavy atom. The molecule has 0 atom stereocenters. The fourth-order valence-corrected chi connectivity index (χ4v) is 1.47. The molecule has 0 aliphatic heterocycles. The molecule has 0 radical (unpaired) electrons. The standard InChI is InChI=1S/C12H25N3O3/c1-4-15(5-2)9-7-8-13-12(17)14-10-11(16)18-6-3/h4-10H2,1-3H3,(H2,13,14,17). The number of esters is 1. The molecule has 0 saturated heterocycles. The molecule has 0 aromatic carbocycles. The van der Waals surface area contributed by atoms with E-state index in [0.717, 1.165) is 26.1 Å². The summed E-state index contributed by atoms with van der Waals surface area (Å²) in [4.78, 5) is 24.6. The van der Waals surface area contributed by atoms with Crippen LogP contribution in [-0.4, -0.2) is 56.2 Å². The lowest BCUT2D eigenvalue weighted by atomic mass is 10.3. The summed E-state index contributed by atoms with van der Waals surface area (Å²) in [5.74, 6) is -0.421. The van der Waals surface area contributed by atoms with Crippen molar-refractivity contribution in [1.29, 1.82) is 0 Å². The van der Waals surface area contributed by atoms with Gasteiger partial charge in [0.1, 0.15) is 6.54 Å². The predicted octanol–water partition coefficient (Wildman–Crippen LogP) is 0.581. The van der Waals surface area contributed by atoms with Crippen LogP contribution in [0.5, 0.6) is 0 Å². The van der Waals surface area contributed by atoms with E-state index in [1.165, 1.54) is 0 Å². The molecule has 106 valence electrons. The molecule has 2 N–H and O–H groups in total. The Kier molecular flexibility index (Phi) is 10.0. The van der Waals surface area contributed by atoms with Crippen molar-refractivity contribution in [2.75, 3.05) is 39.3 Å². The zero-order valence-corrected chi connectivity index (χ0v) is 11.6. The second-order valence-corrected chi connectivity index (χ2v) is 3.79. The molecule has 0 aromatic heterocycles. The van der Waals surface area contributed by atoms with Crippen LogP contribution in [0.1, 0.15) is 27.2 Å². The van der Waals surface area contributed by atoms with Gasteiger partial charge in [-0.15, -0.1) is 0 Å². The van der Waals surface area contributed by atoms with Gasteiger partial charge in [-0.2, -0.15) is 0 Å². The van der Waals surface area contributed by atoms with Crippen LogP contribution in [0.25, 0.3) is 0 Å². The lowest BCUT2D eigenvalue weighted by Crippen LogP contribution is -2.40. The lowest BCUT2D eigenvalue weighted by Gasteiger charge is -2.17. The van der Waals surface area contributed by atoms with E-state index in [2.05, 4.69) is 29.4 Å². The van der Waals surface area contributed by atoms with E-state index in [9.17, 15) is 9.59 Å². The Hall–Kier alpha value is -1.30. The highest BCUT2D eigenvalue weighted by atomic mass is 16.5. The Balaban J connectivity index is 3.50. The molecule has 0 saturated carbocycles. The molecule has 6 heteroatoms. The number of urea groups is 1. The van der Waals surface area contributed by atoms with Gasteiger partial charge < -0.3 is 20.3 Å². The third-order valence-electron chi connectivity index (χ3n) is 2.53. The Morgan fingerprint density at radius 2 is 1.78 bits per heavy atom. The van der Waals surface area contributed by atoms with Gasteiger partial charge in [0.05, 0.1) is 6.61 Å². The number of carbonyl (C=O) groups excluding carboxylic acids is 2. The summed E-state index contributed by atoms with van der Waals surface area (Å²) in [5.41, 5.74) is 0. The molecule has 0 heterocycles. The second-order valence-electron chi connectivity index (χ2n) is 3.79. The first kappa shape index (κ1) is 16.7. The Bertz CT molecular complexity index is 243. The van der Waals surface area contributed by atoms with Gasteiger partial charge in [-0.3, -0.25) is 4.79 Å².